The van der Waals surface area contributed by atoms with Crippen molar-refractivity contribution in [2.24, 2.45) is 5.41 Å². The zero-order valence-electron chi connectivity index (χ0n) is 11.5. The molecule has 0 saturated heterocycles. The van der Waals surface area contributed by atoms with E-state index < -0.39 is 11.7 Å². The van der Waals surface area contributed by atoms with Crippen molar-refractivity contribution in [3.8, 4) is 0 Å². The Bertz CT molecular complexity index is 531. The van der Waals surface area contributed by atoms with Gasteiger partial charge >= 0.3 is 0 Å². The van der Waals surface area contributed by atoms with Crippen LogP contribution in [-0.4, -0.2) is 18.2 Å². The molecule has 0 aromatic heterocycles. The highest BCUT2D eigenvalue weighted by Crippen LogP contribution is 2.34. The van der Waals surface area contributed by atoms with Crippen molar-refractivity contribution < 1.29 is 9.59 Å². The molecule has 1 aromatic carbocycles. The molecule has 102 valence electrons. The molecule has 1 amide bonds. The lowest BCUT2D eigenvalue weighted by molar-refractivity contribution is -0.114. The molecule has 1 aliphatic rings. The third-order valence-corrected chi connectivity index (χ3v) is 3.92. The molecule has 0 spiro atoms. The van der Waals surface area contributed by atoms with Crippen LogP contribution in [0.25, 0.3) is 0 Å². The minimum Gasteiger partial charge on any atom is -0.305 e. The van der Waals surface area contributed by atoms with E-state index in [0.29, 0.717) is 16.6 Å². The van der Waals surface area contributed by atoms with E-state index in [-0.39, 0.29) is 5.41 Å². The SMILES string of the molecule is CC(C)(C)CCCN1C(=O)C(=O)c2c(Br)cccc21. The second-order valence-electron chi connectivity index (χ2n) is 6.08. The molecule has 0 fully saturated rings. The molecule has 0 radical (unpaired) electrons. The van der Waals surface area contributed by atoms with Gasteiger partial charge in [-0.2, -0.15) is 0 Å². The predicted octanol–water partition coefficient (Wildman–Crippen LogP) is 3.80. The lowest BCUT2D eigenvalue weighted by atomic mass is 9.90. The van der Waals surface area contributed by atoms with Crippen LogP contribution in [0.5, 0.6) is 0 Å². The topological polar surface area (TPSA) is 37.4 Å². The molecule has 0 atom stereocenters. The molecule has 19 heavy (non-hydrogen) atoms. The number of carbonyl (C=O) groups excluding carboxylic acids is 2. The molecule has 0 N–H and O–H groups in total. The summed E-state index contributed by atoms with van der Waals surface area (Å²) >= 11 is 3.34. The first kappa shape index (κ1) is 14.3. The van der Waals surface area contributed by atoms with Gasteiger partial charge in [0.1, 0.15) is 0 Å². The fourth-order valence-corrected chi connectivity index (χ4v) is 2.83. The number of nitrogens with zero attached hydrogens (tertiary/aromatic N) is 1. The van der Waals surface area contributed by atoms with Crippen molar-refractivity contribution in [2.75, 3.05) is 11.4 Å². The highest BCUT2D eigenvalue weighted by Gasteiger charge is 2.36. The molecule has 0 unspecified atom stereocenters. The Morgan fingerprint density at radius 3 is 2.53 bits per heavy atom. The summed E-state index contributed by atoms with van der Waals surface area (Å²) in [7, 11) is 0. The van der Waals surface area contributed by atoms with Crippen LogP contribution >= 0.6 is 15.9 Å². The summed E-state index contributed by atoms with van der Waals surface area (Å²) < 4.78 is 0.696. The van der Waals surface area contributed by atoms with E-state index in [1.54, 1.807) is 11.0 Å². The second kappa shape index (κ2) is 5.08. The van der Waals surface area contributed by atoms with Crippen LogP contribution in [0.2, 0.25) is 0 Å². The number of fused-ring (bicyclic) bond motifs is 1. The summed E-state index contributed by atoms with van der Waals surface area (Å²) in [5.41, 5.74) is 1.48. The van der Waals surface area contributed by atoms with E-state index in [4.69, 9.17) is 0 Å². The van der Waals surface area contributed by atoms with Crippen LogP contribution in [0.3, 0.4) is 0 Å². The average molecular weight is 324 g/mol. The molecular weight excluding hydrogens is 306 g/mol. The van der Waals surface area contributed by atoms with Crippen LogP contribution < -0.4 is 4.90 Å². The van der Waals surface area contributed by atoms with Gasteiger partial charge in [0, 0.05) is 11.0 Å². The normalized spacial score (nSPS) is 15.1. The number of hydrogen-bond donors (Lipinski definition) is 0. The standard InChI is InChI=1S/C15H18BrNO2/c1-15(2,3)8-5-9-17-11-7-4-6-10(16)12(11)13(18)14(17)19/h4,6-7H,5,8-9H2,1-3H3. The van der Waals surface area contributed by atoms with Gasteiger partial charge in [0.05, 0.1) is 11.3 Å². The maximum Gasteiger partial charge on any atom is 0.299 e. The molecule has 1 aliphatic heterocycles. The van der Waals surface area contributed by atoms with Crippen molar-refractivity contribution in [1.29, 1.82) is 0 Å². The van der Waals surface area contributed by atoms with Crippen LogP contribution in [0, 0.1) is 5.41 Å². The Kier molecular flexibility index (Phi) is 3.81. The number of halogens is 1. The van der Waals surface area contributed by atoms with Gasteiger partial charge in [-0.3, -0.25) is 9.59 Å². The zero-order chi connectivity index (χ0) is 14.2. The first-order valence-corrected chi connectivity index (χ1v) is 7.25. The molecule has 3 nitrogen and oxygen atoms in total. The highest BCUT2D eigenvalue weighted by molar-refractivity contribution is 9.10. The lowest BCUT2D eigenvalue weighted by Crippen LogP contribution is -2.31. The van der Waals surface area contributed by atoms with E-state index in [0.717, 1.165) is 18.5 Å². The number of hydrogen-bond acceptors (Lipinski definition) is 2. The molecule has 0 saturated carbocycles. The third-order valence-electron chi connectivity index (χ3n) is 3.26. The van der Waals surface area contributed by atoms with Crippen molar-refractivity contribution in [1.82, 2.24) is 0 Å². The smallest absolute Gasteiger partial charge is 0.299 e. The van der Waals surface area contributed by atoms with Crippen molar-refractivity contribution >= 4 is 33.3 Å². The van der Waals surface area contributed by atoms with Gasteiger partial charge in [-0.15, -0.1) is 0 Å². The molecule has 0 aliphatic carbocycles. The summed E-state index contributed by atoms with van der Waals surface area (Å²) in [6.07, 6.45) is 1.92. The van der Waals surface area contributed by atoms with Crippen LogP contribution in [0.4, 0.5) is 5.69 Å². The summed E-state index contributed by atoms with van der Waals surface area (Å²) in [4.78, 5) is 25.6. The monoisotopic (exact) mass is 323 g/mol. The zero-order valence-corrected chi connectivity index (χ0v) is 13.1. The van der Waals surface area contributed by atoms with Gasteiger partial charge in [0.15, 0.2) is 0 Å². The Labute approximate surface area is 122 Å². The number of ketones is 1. The van der Waals surface area contributed by atoms with Gasteiger partial charge in [-0.25, -0.2) is 0 Å². The number of rotatable bonds is 3. The summed E-state index contributed by atoms with van der Waals surface area (Å²) in [5.74, 6) is -0.811. The fraction of sp³-hybridized carbons (Fsp3) is 0.467. The summed E-state index contributed by atoms with van der Waals surface area (Å²) in [6.45, 7) is 7.13. The van der Waals surface area contributed by atoms with Crippen LogP contribution in [0.15, 0.2) is 22.7 Å². The van der Waals surface area contributed by atoms with E-state index in [1.165, 1.54) is 0 Å². The Hall–Kier alpha value is -1.16. The molecule has 4 heteroatoms. The fourth-order valence-electron chi connectivity index (χ4n) is 2.29. The Balaban J connectivity index is 2.18. The quantitative estimate of drug-likeness (QED) is 0.793. The Morgan fingerprint density at radius 2 is 1.89 bits per heavy atom. The van der Waals surface area contributed by atoms with Gasteiger partial charge in [-0.1, -0.05) is 26.8 Å². The minimum absolute atomic E-state index is 0.243. The van der Waals surface area contributed by atoms with Crippen LogP contribution in [0.1, 0.15) is 44.0 Å². The maximum absolute atomic E-state index is 12.0. The van der Waals surface area contributed by atoms with E-state index in [1.807, 2.05) is 12.1 Å². The largest absolute Gasteiger partial charge is 0.305 e. The first-order valence-electron chi connectivity index (χ1n) is 6.46. The predicted molar refractivity (Wildman–Crippen MR) is 79.5 cm³/mol. The number of carbonyl (C=O) groups is 2. The molecule has 0 bridgehead atoms. The lowest BCUT2D eigenvalue weighted by Gasteiger charge is -2.21. The Morgan fingerprint density at radius 1 is 1.21 bits per heavy atom. The van der Waals surface area contributed by atoms with Gasteiger partial charge < -0.3 is 4.90 Å². The van der Waals surface area contributed by atoms with E-state index in [9.17, 15) is 9.59 Å². The van der Waals surface area contributed by atoms with Crippen molar-refractivity contribution in [3.63, 3.8) is 0 Å². The highest BCUT2D eigenvalue weighted by atomic mass is 79.9. The van der Waals surface area contributed by atoms with Crippen LogP contribution in [-0.2, 0) is 4.79 Å². The number of benzene rings is 1. The van der Waals surface area contributed by atoms with Crippen molar-refractivity contribution in [3.05, 3.63) is 28.2 Å². The maximum atomic E-state index is 12.0. The molecule has 2 rings (SSSR count). The van der Waals surface area contributed by atoms with Gasteiger partial charge in [0.25, 0.3) is 11.7 Å². The molecule has 1 heterocycles. The number of Topliss-reactive ketones (excluding diaryl/α,β-unsaturated/α-hetero) is 1. The first-order chi connectivity index (χ1) is 8.81. The van der Waals surface area contributed by atoms with E-state index >= 15 is 0 Å². The van der Waals surface area contributed by atoms with Gasteiger partial charge in [-0.05, 0) is 46.3 Å². The third kappa shape index (κ3) is 2.89. The van der Waals surface area contributed by atoms with Gasteiger partial charge in [0.2, 0.25) is 0 Å². The molecule has 1 aromatic rings. The number of anilines is 1. The summed E-state index contributed by atoms with van der Waals surface area (Å²) in [6, 6.07) is 5.48. The minimum atomic E-state index is -0.407. The average Bonchev–Trinajstić information content (AvgIpc) is 2.54. The number of amides is 1. The second-order valence-corrected chi connectivity index (χ2v) is 6.94. The molecular formula is C15H18BrNO2. The summed E-state index contributed by atoms with van der Waals surface area (Å²) in [5, 5.41) is 0. The van der Waals surface area contributed by atoms with Crippen molar-refractivity contribution in [2.45, 2.75) is 33.6 Å². The van der Waals surface area contributed by atoms with E-state index in [2.05, 4.69) is 36.7 Å².